The fraction of sp³-hybridized carbons (Fsp3) is 0.417. The Balaban J connectivity index is 0.00000361. The summed E-state index contributed by atoms with van der Waals surface area (Å²) in [6.07, 6.45) is -3.54. The maximum Gasteiger partial charge on any atom is 0.416 e. The first-order valence-electron chi connectivity index (χ1n) is 5.74. The Kier molecular flexibility index (Phi) is 8.48. The maximum absolute atomic E-state index is 12.8. The third kappa shape index (κ3) is 6.29. The monoisotopic (exact) mass is 465 g/mol. The van der Waals surface area contributed by atoms with Crippen LogP contribution >= 0.6 is 39.9 Å². The fourth-order valence-electron chi connectivity index (χ4n) is 1.43. The summed E-state index contributed by atoms with van der Waals surface area (Å²) in [5, 5.41) is 2.81. The van der Waals surface area contributed by atoms with Gasteiger partial charge in [0.05, 0.1) is 12.1 Å². The molecule has 1 aromatic carbocycles. The van der Waals surface area contributed by atoms with Crippen molar-refractivity contribution in [3.8, 4) is 0 Å². The Hall–Kier alpha value is -0.510. The predicted octanol–water partition coefficient (Wildman–Crippen LogP) is 3.90. The van der Waals surface area contributed by atoms with Crippen LogP contribution in [0.25, 0.3) is 0 Å². The lowest BCUT2D eigenvalue weighted by atomic mass is 10.1. The molecule has 0 fully saturated rings. The molecule has 0 unspecified atom stereocenters. The van der Waals surface area contributed by atoms with Crippen LogP contribution in [-0.4, -0.2) is 12.5 Å². The van der Waals surface area contributed by atoms with E-state index in [1.54, 1.807) is 6.07 Å². The Morgan fingerprint density at radius 2 is 2.05 bits per heavy atom. The van der Waals surface area contributed by atoms with E-state index in [-0.39, 0.29) is 42.0 Å². The normalized spacial score (nSPS) is 11.9. The summed E-state index contributed by atoms with van der Waals surface area (Å²) >= 11 is 3.03. The van der Waals surface area contributed by atoms with Crippen LogP contribution in [0.1, 0.15) is 24.5 Å². The number of guanidine groups is 1. The predicted molar refractivity (Wildman–Crippen MR) is 88.2 cm³/mol. The molecular weight excluding hydrogens is 450 g/mol. The zero-order chi connectivity index (χ0) is 14.5. The van der Waals surface area contributed by atoms with Crippen molar-refractivity contribution < 1.29 is 13.2 Å². The van der Waals surface area contributed by atoms with E-state index >= 15 is 0 Å². The molecule has 20 heavy (non-hydrogen) atoms. The second-order valence-corrected chi connectivity index (χ2v) is 4.84. The van der Waals surface area contributed by atoms with Gasteiger partial charge in [-0.2, -0.15) is 13.2 Å². The molecule has 0 radical (unpaired) electrons. The number of nitrogens with zero attached hydrogens (tertiary/aromatic N) is 1. The van der Waals surface area contributed by atoms with Crippen molar-refractivity contribution in [3.05, 3.63) is 33.8 Å². The number of nitrogens with two attached hydrogens (primary N) is 1. The lowest BCUT2D eigenvalue weighted by molar-refractivity contribution is -0.138. The largest absolute Gasteiger partial charge is 0.416 e. The number of rotatable bonds is 4. The maximum atomic E-state index is 12.8. The minimum atomic E-state index is -4.40. The zero-order valence-electron chi connectivity index (χ0n) is 10.8. The highest BCUT2D eigenvalue weighted by atomic mass is 127. The summed E-state index contributed by atoms with van der Waals surface area (Å²) in [4.78, 5) is 3.90. The number of halogens is 5. The first-order valence-corrected chi connectivity index (χ1v) is 6.53. The topological polar surface area (TPSA) is 50.4 Å². The second-order valence-electron chi connectivity index (χ2n) is 3.93. The van der Waals surface area contributed by atoms with E-state index in [0.717, 1.165) is 12.5 Å². The highest BCUT2D eigenvalue weighted by Crippen LogP contribution is 2.34. The van der Waals surface area contributed by atoms with E-state index in [4.69, 9.17) is 5.73 Å². The van der Waals surface area contributed by atoms with Gasteiger partial charge < -0.3 is 11.1 Å². The van der Waals surface area contributed by atoms with Crippen LogP contribution in [0.15, 0.2) is 27.7 Å². The quantitative estimate of drug-likeness (QED) is 0.402. The Morgan fingerprint density at radius 1 is 1.40 bits per heavy atom. The van der Waals surface area contributed by atoms with Gasteiger partial charge in [0.1, 0.15) is 0 Å². The number of nitrogens with one attached hydrogen (secondary N) is 1. The average Bonchev–Trinajstić information content (AvgIpc) is 2.33. The molecular formula is C12H16BrF3IN3. The molecule has 0 heterocycles. The van der Waals surface area contributed by atoms with Crippen molar-refractivity contribution in [2.24, 2.45) is 10.7 Å². The van der Waals surface area contributed by atoms with Gasteiger partial charge in [0.15, 0.2) is 5.96 Å². The van der Waals surface area contributed by atoms with E-state index in [0.29, 0.717) is 11.0 Å². The van der Waals surface area contributed by atoms with Crippen molar-refractivity contribution in [2.75, 3.05) is 6.54 Å². The van der Waals surface area contributed by atoms with Crippen molar-refractivity contribution >= 4 is 45.9 Å². The van der Waals surface area contributed by atoms with Crippen LogP contribution in [0.3, 0.4) is 0 Å². The molecule has 0 aromatic heterocycles. The van der Waals surface area contributed by atoms with Gasteiger partial charge in [-0.3, -0.25) is 0 Å². The van der Waals surface area contributed by atoms with Gasteiger partial charge in [0.2, 0.25) is 0 Å². The molecule has 0 aliphatic rings. The highest BCUT2D eigenvalue weighted by Gasteiger charge is 2.33. The van der Waals surface area contributed by atoms with Crippen LogP contribution in [0.4, 0.5) is 13.2 Å². The van der Waals surface area contributed by atoms with E-state index in [2.05, 4.69) is 26.2 Å². The molecule has 0 spiro atoms. The van der Waals surface area contributed by atoms with Gasteiger partial charge >= 0.3 is 6.18 Å². The number of hydrogen-bond donors (Lipinski definition) is 2. The molecule has 0 aliphatic carbocycles. The molecule has 114 valence electrons. The summed E-state index contributed by atoms with van der Waals surface area (Å²) in [5.41, 5.74) is 4.94. The van der Waals surface area contributed by atoms with Gasteiger partial charge in [0, 0.05) is 11.0 Å². The Morgan fingerprint density at radius 3 is 2.60 bits per heavy atom. The Labute approximate surface area is 141 Å². The molecule has 8 heteroatoms. The molecule has 0 saturated carbocycles. The standard InChI is InChI=1S/C12H15BrF3N3.HI/c1-2-5-18-11(17)19-7-8-3-4-9(13)6-10(8)12(14,15)16;/h3-4,6H,2,5,7H2,1H3,(H3,17,18,19);1H. The van der Waals surface area contributed by atoms with E-state index in [1.807, 2.05) is 6.92 Å². The molecule has 0 atom stereocenters. The van der Waals surface area contributed by atoms with Crippen molar-refractivity contribution in [2.45, 2.75) is 26.1 Å². The minimum absolute atomic E-state index is 0. The first kappa shape index (κ1) is 19.5. The lowest BCUT2D eigenvalue weighted by Gasteiger charge is -2.12. The second kappa shape index (κ2) is 8.71. The Bertz CT molecular complexity index is 464. The highest BCUT2D eigenvalue weighted by molar-refractivity contribution is 14.0. The molecule has 1 aromatic rings. The van der Waals surface area contributed by atoms with Crippen LogP contribution in [0.2, 0.25) is 0 Å². The number of alkyl halides is 3. The lowest BCUT2D eigenvalue weighted by Crippen LogP contribution is -2.32. The third-order valence-corrected chi connectivity index (χ3v) is 2.85. The summed E-state index contributed by atoms with van der Waals surface area (Å²) in [6.45, 7) is 2.49. The van der Waals surface area contributed by atoms with Crippen molar-refractivity contribution in [3.63, 3.8) is 0 Å². The summed E-state index contributed by atoms with van der Waals surface area (Å²) in [5.74, 6) is 0.151. The number of benzene rings is 1. The van der Waals surface area contributed by atoms with Crippen molar-refractivity contribution in [1.82, 2.24) is 5.32 Å². The minimum Gasteiger partial charge on any atom is -0.370 e. The molecule has 1 rings (SSSR count). The first-order chi connectivity index (χ1) is 8.84. The van der Waals surface area contributed by atoms with Crippen LogP contribution < -0.4 is 11.1 Å². The fourth-order valence-corrected chi connectivity index (χ4v) is 1.79. The molecule has 0 bridgehead atoms. The van der Waals surface area contributed by atoms with Gasteiger partial charge in [0.25, 0.3) is 0 Å². The molecule has 3 nitrogen and oxygen atoms in total. The van der Waals surface area contributed by atoms with E-state index in [1.165, 1.54) is 6.07 Å². The number of hydrogen-bond acceptors (Lipinski definition) is 1. The molecule has 0 amide bonds. The summed E-state index contributed by atoms with van der Waals surface area (Å²) < 4.78 is 38.9. The van der Waals surface area contributed by atoms with Crippen LogP contribution in [0, 0.1) is 0 Å². The molecule has 0 saturated heterocycles. The summed E-state index contributed by atoms with van der Waals surface area (Å²) in [7, 11) is 0. The van der Waals surface area contributed by atoms with Gasteiger partial charge in [-0.1, -0.05) is 28.9 Å². The van der Waals surface area contributed by atoms with Crippen LogP contribution in [0.5, 0.6) is 0 Å². The van der Waals surface area contributed by atoms with E-state index < -0.39 is 11.7 Å². The van der Waals surface area contributed by atoms with Gasteiger partial charge in [-0.25, -0.2) is 4.99 Å². The van der Waals surface area contributed by atoms with E-state index in [9.17, 15) is 13.2 Å². The SMILES string of the molecule is CCCNC(N)=NCc1ccc(Br)cc1C(F)(F)F.I. The molecule has 3 N–H and O–H groups in total. The number of aliphatic imine (C=N–C) groups is 1. The average molecular weight is 466 g/mol. The van der Waals surface area contributed by atoms with Gasteiger partial charge in [-0.15, -0.1) is 24.0 Å². The zero-order valence-corrected chi connectivity index (χ0v) is 14.7. The summed E-state index contributed by atoms with van der Waals surface area (Å²) in [6, 6.07) is 3.99. The van der Waals surface area contributed by atoms with Crippen LogP contribution in [-0.2, 0) is 12.7 Å². The smallest absolute Gasteiger partial charge is 0.370 e. The van der Waals surface area contributed by atoms with Gasteiger partial charge in [-0.05, 0) is 24.1 Å². The third-order valence-electron chi connectivity index (χ3n) is 2.35. The van der Waals surface area contributed by atoms with Crippen molar-refractivity contribution in [1.29, 1.82) is 0 Å². The molecule has 0 aliphatic heterocycles.